The number of nitrogens with one attached hydrogen (secondary N) is 1. The van der Waals surface area contributed by atoms with E-state index in [-0.39, 0.29) is 0 Å². The van der Waals surface area contributed by atoms with Gasteiger partial charge in [0, 0.05) is 32.5 Å². The van der Waals surface area contributed by atoms with Crippen molar-refractivity contribution in [1.29, 1.82) is 0 Å². The van der Waals surface area contributed by atoms with Crippen LogP contribution in [0.25, 0.3) is 0 Å². The van der Waals surface area contributed by atoms with Gasteiger partial charge in [-0.25, -0.2) is 0 Å². The first-order valence-corrected chi connectivity index (χ1v) is 5.85. The zero-order valence-electron chi connectivity index (χ0n) is 10.3. The van der Waals surface area contributed by atoms with E-state index in [1.165, 1.54) is 5.56 Å². The zero-order valence-corrected chi connectivity index (χ0v) is 10.3. The highest BCUT2D eigenvalue weighted by Crippen LogP contribution is 2.00. The number of rotatable bonds is 6. The minimum Gasteiger partial charge on any atom is -0.311 e. The van der Waals surface area contributed by atoms with Crippen LogP contribution in [0.4, 0.5) is 0 Å². The SMILES string of the molecule is CCNCc1cn(CCc2cnn(C)c2)nn1. The molecule has 0 saturated carbocycles. The number of hydrogen-bond acceptors (Lipinski definition) is 4. The second kappa shape index (κ2) is 5.58. The topological polar surface area (TPSA) is 60.6 Å². The first-order valence-electron chi connectivity index (χ1n) is 5.85. The molecule has 0 aromatic carbocycles. The van der Waals surface area contributed by atoms with E-state index in [1.807, 2.05) is 35.0 Å². The normalized spacial score (nSPS) is 10.9. The van der Waals surface area contributed by atoms with E-state index in [9.17, 15) is 0 Å². The molecular formula is C11H18N6. The molecule has 1 N–H and O–H groups in total. The van der Waals surface area contributed by atoms with E-state index in [0.717, 1.165) is 31.7 Å². The minimum absolute atomic E-state index is 0.781. The van der Waals surface area contributed by atoms with Crippen LogP contribution >= 0.6 is 0 Å². The van der Waals surface area contributed by atoms with Crippen molar-refractivity contribution in [2.24, 2.45) is 7.05 Å². The van der Waals surface area contributed by atoms with Gasteiger partial charge in [0.2, 0.25) is 0 Å². The van der Waals surface area contributed by atoms with Gasteiger partial charge in [-0.15, -0.1) is 5.10 Å². The van der Waals surface area contributed by atoms with E-state index in [1.54, 1.807) is 0 Å². The van der Waals surface area contributed by atoms with Crippen LogP contribution in [0.1, 0.15) is 18.2 Å². The van der Waals surface area contributed by atoms with E-state index in [0.29, 0.717) is 0 Å². The van der Waals surface area contributed by atoms with E-state index < -0.39 is 0 Å². The van der Waals surface area contributed by atoms with Crippen LogP contribution in [-0.2, 0) is 26.6 Å². The van der Waals surface area contributed by atoms with Crippen molar-refractivity contribution in [3.05, 3.63) is 29.8 Å². The lowest BCUT2D eigenvalue weighted by molar-refractivity contribution is 0.588. The molecule has 2 rings (SSSR count). The molecule has 2 aromatic rings. The molecule has 0 amide bonds. The summed E-state index contributed by atoms with van der Waals surface area (Å²) in [6.45, 7) is 4.64. The van der Waals surface area contributed by atoms with Crippen LogP contribution in [0.15, 0.2) is 18.6 Å². The summed E-state index contributed by atoms with van der Waals surface area (Å²) >= 11 is 0. The van der Waals surface area contributed by atoms with Gasteiger partial charge in [-0.3, -0.25) is 9.36 Å². The molecule has 0 spiro atoms. The Morgan fingerprint density at radius 2 is 2.24 bits per heavy atom. The molecule has 92 valence electrons. The third-order valence-corrected chi connectivity index (χ3v) is 2.53. The molecule has 0 radical (unpaired) electrons. The highest BCUT2D eigenvalue weighted by atomic mass is 15.4. The van der Waals surface area contributed by atoms with Crippen LogP contribution < -0.4 is 5.32 Å². The molecule has 17 heavy (non-hydrogen) atoms. The van der Waals surface area contributed by atoms with Crippen molar-refractivity contribution < 1.29 is 0 Å². The van der Waals surface area contributed by atoms with Crippen molar-refractivity contribution >= 4 is 0 Å². The quantitative estimate of drug-likeness (QED) is 0.784. The molecule has 0 fully saturated rings. The predicted octanol–water partition coefficient (Wildman–Crippen LogP) is 0.364. The Morgan fingerprint density at radius 1 is 1.35 bits per heavy atom. The summed E-state index contributed by atoms with van der Waals surface area (Å²) in [6.07, 6.45) is 6.82. The van der Waals surface area contributed by atoms with Crippen molar-refractivity contribution in [2.75, 3.05) is 6.54 Å². The molecule has 6 nitrogen and oxygen atoms in total. The number of aromatic nitrogens is 5. The molecular weight excluding hydrogens is 216 g/mol. The summed E-state index contributed by atoms with van der Waals surface area (Å²) in [5.41, 5.74) is 2.20. The van der Waals surface area contributed by atoms with Gasteiger partial charge in [0.25, 0.3) is 0 Å². The second-order valence-electron chi connectivity index (χ2n) is 4.03. The van der Waals surface area contributed by atoms with Gasteiger partial charge in [-0.05, 0) is 18.5 Å². The van der Waals surface area contributed by atoms with E-state index in [2.05, 4.69) is 27.7 Å². The molecule has 0 aliphatic carbocycles. The lowest BCUT2D eigenvalue weighted by atomic mass is 10.2. The molecule has 0 aliphatic heterocycles. The van der Waals surface area contributed by atoms with Crippen LogP contribution in [0.2, 0.25) is 0 Å². The van der Waals surface area contributed by atoms with E-state index >= 15 is 0 Å². The average molecular weight is 234 g/mol. The molecule has 2 aromatic heterocycles. The van der Waals surface area contributed by atoms with Gasteiger partial charge in [-0.1, -0.05) is 12.1 Å². The van der Waals surface area contributed by atoms with Gasteiger partial charge in [-0.2, -0.15) is 5.10 Å². The Labute approximate surface area is 101 Å². The Balaban J connectivity index is 1.84. The number of aryl methyl sites for hydroxylation is 3. The summed E-state index contributed by atoms with van der Waals surface area (Å²) in [5.74, 6) is 0. The molecule has 0 aliphatic rings. The van der Waals surface area contributed by atoms with Crippen LogP contribution in [0.5, 0.6) is 0 Å². The minimum atomic E-state index is 0.781. The zero-order chi connectivity index (χ0) is 12.1. The molecule has 0 unspecified atom stereocenters. The highest BCUT2D eigenvalue weighted by Gasteiger charge is 2.01. The van der Waals surface area contributed by atoms with Crippen LogP contribution in [0.3, 0.4) is 0 Å². The third kappa shape index (κ3) is 3.39. The summed E-state index contributed by atoms with van der Waals surface area (Å²) in [7, 11) is 1.92. The van der Waals surface area contributed by atoms with Crippen LogP contribution in [0, 0.1) is 0 Å². The second-order valence-corrected chi connectivity index (χ2v) is 4.03. The number of nitrogens with zero attached hydrogens (tertiary/aromatic N) is 5. The van der Waals surface area contributed by atoms with Crippen LogP contribution in [-0.4, -0.2) is 31.3 Å². The van der Waals surface area contributed by atoms with Gasteiger partial charge in [0.15, 0.2) is 0 Å². The smallest absolute Gasteiger partial charge is 0.0964 e. The standard InChI is InChI=1S/C11H18N6/c1-3-12-7-11-9-17(15-14-11)5-4-10-6-13-16(2)8-10/h6,8-9,12H,3-5,7H2,1-2H3. The summed E-state index contributed by atoms with van der Waals surface area (Å²) < 4.78 is 3.69. The third-order valence-electron chi connectivity index (χ3n) is 2.53. The Morgan fingerprint density at radius 3 is 2.94 bits per heavy atom. The molecule has 2 heterocycles. The lowest BCUT2D eigenvalue weighted by Gasteiger charge is -1.97. The van der Waals surface area contributed by atoms with Gasteiger partial charge in [0.1, 0.15) is 0 Å². The van der Waals surface area contributed by atoms with Crippen molar-refractivity contribution in [1.82, 2.24) is 30.1 Å². The summed E-state index contributed by atoms with van der Waals surface area (Å²) in [6, 6.07) is 0. The van der Waals surface area contributed by atoms with Crippen molar-refractivity contribution in [3.8, 4) is 0 Å². The summed E-state index contributed by atoms with van der Waals surface area (Å²) in [5, 5.41) is 15.6. The Bertz CT molecular complexity index is 458. The van der Waals surface area contributed by atoms with Crippen molar-refractivity contribution in [2.45, 2.75) is 26.4 Å². The van der Waals surface area contributed by atoms with Gasteiger partial charge in [0.05, 0.1) is 11.9 Å². The Kier molecular flexibility index (Phi) is 3.87. The maximum atomic E-state index is 4.14. The maximum absolute atomic E-state index is 4.14. The van der Waals surface area contributed by atoms with E-state index in [4.69, 9.17) is 0 Å². The fourth-order valence-corrected chi connectivity index (χ4v) is 1.63. The van der Waals surface area contributed by atoms with Gasteiger partial charge >= 0.3 is 0 Å². The molecule has 0 saturated heterocycles. The monoisotopic (exact) mass is 234 g/mol. The highest BCUT2D eigenvalue weighted by molar-refractivity contribution is 5.03. The van der Waals surface area contributed by atoms with Crippen molar-refractivity contribution in [3.63, 3.8) is 0 Å². The first-order chi connectivity index (χ1) is 8.28. The van der Waals surface area contributed by atoms with Gasteiger partial charge < -0.3 is 5.32 Å². The molecule has 0 bridgehead atoms. The average Bonchev–Trinajstić information content (AvgIpc) is 2.93. The molecule has 6 heteroatoms. The maximum Gasteiger partial charge on any atom is 0.0964 e. The number of hydrogen-bond donors (Lipinski definition) is 1. The molecule has 0 atom stereocenters. The fourth-order valence-electron chi connectivity index (χ4n) is 1.63. The summed E-state index contributed by atoms with van der Waals surface area (Å²) in [4.78, 5) is 0. The lowest BCUT2D eigenvalue weighted by Crippen LogP contribution is -2.11. The Hall–Kier alpha value is -1.69. The fraction of sp³-hybridized carbons (Fsp3) is 0.545. The predicted molar refractivity (Wildman–Crippen MR) is 64.3 cm³/mol. The first kappa shape index (κ1) is 11.8. The largest absolute Gasteiger partial charge is 0.311 e.